The van der Waals surface area contributed by atoms with Gasteiger partial charge in [0, 0.05) is 24.3 Å². The third kappa shape index (κ3) is 18.1. The number of amides is 2. The minimum Gasteiger partial charge on any atom is -0.370 e. The van der Waals surface area contributed by atoms with Crippen LogP contribution < -0.4 is 11.5 Å². The third-order valence-electron chi connectivity index (χ3n) is 0.947. The third-order valence-corrected chi connectivity index (χ3v) is 3.36. The second kappa shape index (κ2) is 13.2. The number of halogens is 2. The number of carbonyl (C=O) groups is 2. The zero-order chi connectivity index (χ0) is 9.40. The van der Waals surface area contributed by atoms with Gasteiger partial charge in [0.1, 0.15) is 0 Å². The van der Waals surface area contributed by atoms with Crippen LogP contribution in [0.5, 0.6) is 0 Å². The van der Waals surface area contributed by atoms with Crippen LogP contribution in [0.1, 0.15) is 12.8 Å². The van der Waals surface area contributed by atoms with Crippen molar-refractivity contribution in [2.75, 3.05) is 11.5 Å². The number of rotatable bonds is 7. The normalized spacial score (nSPS) is 8.29. The summed E-state index contributed by atoms with van der Waals surface area (Å²) in [6, 6.07) is 0. The maximum atomic E-state index is 10.3. The maximum Gasteiger partial charge on any atom is 0.218 e. The monoisotopic (exact) mass is 280 g/mol. The molecule has 14 heavy (non-hydrogen) atoms. The summed E-state index contributed by atoms with van der Waals surface area (Å²) < 4.78 is 0. The predicted octanol–water partition coefficient (Wildman–Crippen LogP) is 0.962. The lowest BCUT2D eigenvalue weighted by molar-refractivity contribution is -0.118. The van der Waals surface area contributed by atoms with Crippen molar-refractivity contribution in [1.82, 2.24) is 0 Å². The lowest BCUT2D eigenvalue weighted by Crippen LogP contribution is -2.11. The molecule has 0 aromatic carbocycles. The van der Waals surface area contributed by atoms with Gasteiger partial charge in [0.25, 0.3) is 0 Å². The minimum absolute atomic E-state index is 0. The van der Waals surface area contributed by atoms with Gasteiger partial charge in [-0.1, -0.05) is 21.6 Å². The van der Waals surface area contributed by atoms with Crippen LogP contribution in [0.2, 0.25) is 0 Å². The molecule has 0 saturated carbocycles. The number of hydrogen-bond acceptors (Lipinski definition) is 4. The van der Waals surface area contributed by atoms with E-state index in [1.807, 2.05) is 0 Å². The Bertz CT molecular complexity index is 154. The molecule has 0 heterocycles. The summed E-state index contributed by atoms with van der Waals surface area (Å²) in [5.41, 5.74) is 9.84. The molecule has 8 heteroatoms. The molecule has 0 atom stereocenters. The van der Waals surface area contributed by atoms with Crippen LogP contribution >= 0.6 is 46.4 Å². The topological polar surface area (TPSA) is 86.2 Å². The molecule has 4 N–H and O–H groups in total. The Balaban J connectivity index is -0.000000605. The first-order valence-electron chi connectivity index (χ1n) is 3.44. The standard InChI is InChI=1S/C6H12N2O2S2.2ClH/c7-5(9)1-3-11-12-4-2-6(8)10;;/h1-4H2,(H2,7,9)(H2,8,10);2*1H. The van der Waals surface area contributed by atoms with Gasteiger partial charge in [-0.2, -0.15) is 0 Å². The summed E-state index contributed by atoms with van der Waals surface area (Å²) in [7, 11) is 3.06. The highest BCUT2D eigenvalue weighted by Crippen LogP contribution is 2.22. The number of hydrogen-bond donors (Lipinski definition) is 2. The van der Waals surface area contributed by atoms with E-state index in [1.165, 1.54) is 21.6 Å². The van der Waals surface area contributed by atoms with E-state index >= 15 is 0 Å². The first-order valence-corrected chi connectivity index (χ1v) is 5.92. The van der Waals surface area contributed by atoms with Crippen molar-refractivity contribution < 1.29 is 9.59 Å². The van der Waals surface area contributed by atoms with Gasteiger partial charge < -0.3 is 11.5 Å². The number of primary amides is 2. The first kappa shape index (κ1) is 19.7. The van der Waals surface area contributed by atoms with Crippen molar-refractivity contribution in [3.63, 3.8) is 0 Å². The largest absolute Gasteiger partial charge is 0.370 e. The molecule has 0 fully saturated rings. The molecule has 0 spiro atoms. The van der Waals surface area contributed by atoms with E-state index in [-0.39, 0.29) is 36.6 Å². The summed E-state index contributed by atoms with van der Waals surface area (Å²) in [6.07, 6.45) is 0.766. The maximum absolute atomic E-state index is 10.3. The lowest BCUT2D eigenvalue weighted by atomic mass is 10.5. The Labute approximate surface area is 104 Å². The van der Waals surface area contributed by atoms with E-state index in [1.54, 1.807) is 0 Å². The molecule has 0 saturated heterocycles. The fraction of sp³-hybridized carbons (Fsp3) is 0.667. The summed E-state index contributed by atoms with van der Waals surface area (Å²) >= 11 is 0. The summed E-state index contributed by atoms with van der Waals surface area (Å²) in [5.74, 6) is 0.799. The molecule has 0 unspecified atom stereocenters. The fourth-order valence-electron chi connectivity index (χ4n) is 0.402. The average Bonchev–Trinajstić information content (AvgIpc) is 1.95. The van der Waals surface area contributed by atoms with Gasteiger partial charge in [-0.3, -0.25) is 9.59 Å². The van der Waals surface area contributed by atoms with Gasteiger partial charge >= 0.3 is 0 Å². The second-order valence-electron chi connectivity index (χ2n) is 2.08. The molecule has 0 aliphatic carbocycles. The molecule has 0 rings (SSSR count). The first-order chi connectivity index (χ1) is 5.63. The zero-order valence-electron chi connectivity index (χ0n) is 7.43. The van der Waals surface area contributed by atoms with Crippen molar-refractivity contribution in [3.8, 4) is 0 Å². The Morgan fingerprint density at radius 2 is 1.14 bits per heavy atom. The van der Waals surface area contributed by atoms with Gasteiger partial charge in [-0.25, -0.2) is 0 Å². The minimum atomic E-state index is -0.294. The molecule has 0 radical (unpaired) electrons. The lowest BCUT2D eigenvalue weighted by Gasteiger charge is -1.96. The van der Waals surface area contributed by atoms with E-state index in [4.69, 9.17) is 11.5 Å². The molecule has 86 valence electrons. The van der Waals surface area contributed by atoms with Gasteiger partial charge in [-0.15, -0.1) is 24.8 Å². The van der Waals surface area contributed by atoms with Crippen LogP contribution in [-0.4, -0.2) is 23.3 Å². The molecule has 4 nitrogen and oxygen atoms in total. The van der Waals surface area contributed by atoms with Crippen LogP contribution in [0.25, 0.3) is 0 Å². The van der Waals surface area contributed by atoms with Crippen LogP contribution in [0.4, 0.5) is 0 Å². The fourth-order valence-corrected chi connectivity index (χ4v) is 2.41. The zero-order valence-corrected chi connectivity index (χ0v) is 10.7. The van der Waals surface area contributed by atoms with Crippen LogP contribution in [0.3, 0.4) is 0 Å². The van der Waals surface area contributed by atoms with Crippen molar-refractivity contribution >= 4 is 58.2 Å². The van der Waals surface area contributed by atoms with E-state index in [0.29, 0.717) is 24.3 Å². The SMILES string of the molecule is Cl.Cl.NC(=O)CCSSCCC(N)=O. The highest BCUT2D eigenvalue weighted by atomic mass is 35.5. The Morgan fingerprint density at radius 3 is 1.36 bits per heavy atom. The van der Waals surface area contributed by atoms with E-state index < -0.39 is 0 Å². The molecule has 0 aromatic heterocycles. The Hall–Kier alpha value is 0.220. The average molecular weight is 281 g/mol. The molecular formula is C6H14Cl2N2O2S2. The van der Waals surface area contributed by atoms with Crippen molar-refractivity contribution in [2.45, 2.75) is 12.8 Å². The molecule has 0 aromatic rings. The van der Waals surface area contributed by atoms with Gasteiger partial charge in [0.05, 0.1) is 0 Å². The second-order valence-corrected chi connectivity index (χ2v) is 4.78. The van der Waals surface area contributed by atoms with Gasteiger partial charge in [0.15, 0.2) is 0 Å². The highest BCUT2D eigenvalue weighted by Gasteiger charge is 1.97. The molecule has 0 aliphatic rings. The predicted molar refractivity (Wildman–Crippen MR) is 67.0 cm³/mol. The van der Waals surface area contributed by atoms with E-state index in [0.717, 1.165) is 0 Å². The summed E-state index contributed by atoms with van der Waals surface area (Å²) in [6.45, 7) is 0. The van der Waals surface area contributed by atoms with Gasteiger partial charge in [-0.05, 0) is 0 Å². The van der Waals surface area contributed by atoms with E-state index in [9.17, 15) is 9.59 Å². The summed E-state index contributed by atoms with van der Waals surface area (Å²) in [4.78, 5) is 20.5. The molecule has 0 bridgehead atoms. The van der Waals surface area contributed by atoms with Crippen molar-refractivity contribution in [3.05, 3.63) is 0 Å². The highest BCUT2D eigenvalue weighted by molar-refractivity contribution is 8.76. The summed E-state index contributed by atoms with van der Waals surface area (Å²) in [5, 5.41) is 0. The molecular weight excluding hydrogens is 267 g/mol. The van der Waals surface area contributed by atoms with E-state index in [2.05, 4.69) is 0 Å². The number of carbonyl (C=O) groups excluding carboxylic acids is 2. The Kier molecular flexibility index (Phi) is 18.6. The number of nitrogens with two attached hydrogens (primary N) is 2. The van der Waals surface area contributed by atoms with Crippen molar-refractivity contribution in [1.29, 1.82) is 0 Å². The molecule has 0 aliphatic heterocycles. The Morgan fingerprint density at radius 1 is 0.857 bits per heavy atom. The van der Waals surface area contributed by atoms with Crippen LogP contribution in [0, 0.1) is 0 Å². The van der Waals surface area contributed by atoms with Crippen molar-refractivity contribution in [2.24, 2.45) is 11.5 Å². The quantitative estimate of drug-likeness (QED) is 0.537. The smallest absolute Gasteiger partial charge is 0.218 e. The molecule has 2 amide bonds. The van der Waals surface area contributed by atoms with Gasteiger partial charge in [0.2, 0.25) is 11.8 Å². The van der Waals surface area contributed by atoms with Crippen LogP contribution in [-0.2, 0) is 9.59 Å². The van der Waals surface area contributed by atoms with Crippen LogP contribution in [0.15, 0.2) is 0 Å².